The van der Waals surface area contributed by atoms with Crippen molar-refractivity contribution in [3.63, 3.8) is 0 Å². The van der Waals surface area contributed by atoms with Gasteiger partial charge < -0.3 is 25.4 Å². The number of rotatable bonds is 6. The summed E-state index contributed by atoms with van der Waals surface area (Å²) in [7, 11) is 1.67. The van der Waals surface area contributed by atoms with E-state index in [9.17, 15) is 4.79 Å². The Labute approximate surface area is 173 Å². The zero-order valence-corrected chi connectivity index (χ0v) is 18.7. The van der Waals surface area contributed by atoms with Crippen molar-refractivity contribution in [2.24, 2.45) is 10.7 Å². The van der Waals surface area contributed by atoms with Gasteiger partial charge in [0.15, 0.2) is 5.96 Å². The lowest BCUT2D eigenvalue weighted by Crippen LogP contribution is -2.36. The van der Waals surface area contributed by atoms with Crippen LogP contribution in [0.4, 0.5) is 10.5 Å². The van der Waals surface area contributed by atoms with Crippen LogP contribution in [-0.2, 0) is 4.74 Å². The maximum Gasteiger partial charge on any atom is 0.410 e. The summed E-state index contributed by atoms with van der Waals surface area (Å²) in [5, 5.41) is 3.00. The van der Waals surface area contributed by atoms with Crippen molar-refractivity contribution in [2.45, 2.75) is 46.3 Å². The zero-order chi connectivity index (χ0) is 19.0. The number of benzene rings is 1. The number of halogens is 1. The molecule has 1 aromatic carbocycles. The highest BCUT2D eigenvalue weighted by Gasteiger charge is 2.19. The van der Waals surface area contributed by atoms with Gasteiger partial charge in [0.25, 0.3) is 0 Å². The zero-order valence-electron chi connectivity index (χ0n) is 16.4. The van der Waals surface area contributed by atoms with Crippen LogP contribution < -0.4 is 15.8 Å². The van der Waals surface area contributed by atoms with Crippen LogP contribution in [0.2, 0.25) is 0 Å². The lowest BCUT2D eigenvalue weighted by Gasteiger charge is -2.24. The lowest BCUT2D eigenvalue weighted by molar-refractivity contribution is 0.0304. The molecular formula is C18H31IN4O3. The highest BCUT2D eigenvalue weighted by molar-refractivity contribution is 14.0. The number of anilines is 1. The number of carbonyl (C=O) groups excluding carboxylic acids is 1. The summed E-state index contributed by atoms with van der Waals surface area (Å²) < 4.78 is 10.9. The first-order valence-electron chi connectivity index (χ1n) is 8.34. The summed E-state index contributed by atoms with van der Waals surface area (Å²) in [6, 6.07) is 7.47. The minimum Gasteiger partial charge on any atom is -0.491 e. The molecule has 148 valence electrons. The molecule has 0 spiro atoms. The highest BCUT2D eigenvalue weighted by atomic mass is 127. The molecule has 0 saturated heterocycles. The van der Waals surface area contributed by atoms with Crippen LogP contribution in [0.1, 0.15) is 34.6 Å². The summed E-state index contributed by atoms with van der Waals surface area (Å²) in [6.45, 7) is 10.2. The fourth-order valence-corrected chi connectivity index (χ4v) is 1.83. The Morgan fingerprint density at radius 3 is 2.35 bits per heavy atom. The van der Waals surface area contributed by atoms with Crippen molar-refractivity contribution in [1.82, 2.24) is 4.90 Å². The Kier molecular flexibility index (Phi) is 10.4. The number of nitrogens with two attached hydrogens (primary N) is 1. The van der Waals surface area contributed by atoms with E-state index in [0.29, 0.717) is 13.1 Å². The van der Waals surface area contributed by atoms with Crippen molar-refractivity contribution >= 4 is 41.7 Å². The molecule has 0 unspecified atom stereocenters. The molecule has 1 amide bonds. The second kappa shape index (κ2) is 11.1. The first-order chi connectivity index (χ1) is 11.6. The Morgan fingerprint density at radius 2 is 1.85 bits per heavy atom. The smallest absolute Gasteiger partial charge is 0.410 e. The van der Waals surface area contributed by atoms with Gasteiger partial charge in [-0.15, -0.1) is 24.0 Å². The van der Waals surface area contributed by atoms with Crippen molar-refractivity contribution in [3.05, 3.63) is 24.3 Å². The minimum absolute atomic E-state index is 0. The molecule has 1 rings (SSSR count). The SMILES string of the molecule is CC(C)Oc1ccc(NC(N)=NCCN(C)C(=O)OC(C)(C)C)cc1.I. The number of hydrogen-bond donors (Lipinski definition) is 2. The number of hydrogen-bond acceptors (Lipinski definition) is 4. The molecule has 0 aliphatic heterocycles. The van der Waals surface area contributed by atoms with Gasteiger partial charge in [0.05, 0.1) is 12.6 Å². The maximum atomic E-state index is 11.8. The standard InChI is InChI=1S/C18H30N4O3.HI/c1-13(2)24-15-9-7-14(8-10-15)21-16(19)20-11-12-22(6)17(23)25-18(3,4)5;/h7-10,13H,11-12H2,1-6H3,(H3,19,20,21);1H. The average molecular weight is 478 g/mol. The second-order valence-corrected chi connectivity index (χ2v) is 6.98. The minimum atomic E-state index is -0.513. The van der Waals surface area contributed by atoms with Crippen molar-refractivity contribution < 1.29 is 14.3 Å². The normalized spacial score (nSPS) is 11.6. The van der Waals surface area contributed by atoms with Gasteiger partial charge in [0.2, 0.25) is 0 Å². The van der Waals surface area contributed by atoms with E-state index < -0.39 is 5.60 Å². The lowest BCUT2D eigenvalue weighted by atomic mass is 10.2. The van der Waals surface area contributed by atoms with Crippen LogP contribution >= 0.6 is 24.0 Å². The van der Waals surface area contributed by atoms with Crippen molar-refractivity contribution in [3.8, 4) is 5.75 Å². The number of guanidine groups is 1. The third kappa shape index (κ3) is 10.3. The number of carbonyl (C=O) groups is 1. The molecule has 0 heterocycles. The Balaban J connectivity index is 0.00000625. The van der Waals surface area contributed by atoms with Gasteiger partial charge in [0.1, 0.15) is 11.4 Å². The number of ether oxygens (including phenoxy) is 2. The molecule has 7 nitrogen and oxygen atoms in total. The van der Waals surface area contributed by atoms with Gasteiger partial charge in [-0.1, -0.05) is 0 Å². The molecular weight excluding hydrogens is 447 g/mol. The topological polar surface area (TPSA) is 89.2 Å². The van der Waals surface area contributed by atoms with E-state index in [0.717, 1.165) is 11.4 Å². The van der Waals surface area contributed by atoms with Gasteiger partial charge in [0, 0.05) is 19.3 Å². The van der Waals surface area contributed by atoms with Gasteiger partial charge in [-0.25, -0.2) is 4.79 Å². The second-order valence-electron chi connectivity index (χ2n) is 6.98. The van der Waals surface area contributed by atoms with E-state index in [1.807, 2.05) is 58.9 Å². The molecule has 0 aliphatic rings. The molecule has 0 aliphatic carbocycles. The van der Waals surface area contributed by atoms with Gasteiger partial charge in [-0.2, -0.15) is 0 Å². The Morgan fingerprint density at radius 1 is 1.27 bits per heavy atom. The van der Waals surface area contributed by atoms with Gasteiger partial charge in [-0.3, -0.25) is 4.99 Å². The average Bonchev–Trinajstić information content (AvgIpc) is 2.47. The van der Waals surface area contributed by atoms with Crippen LogP contribution in [0.25, 0.3) is 0 Å². The summed E-state index contributed by atoms with van der Waals surface area (Å²) in [5.41, 5.74) is 6.17. The molecule has 26 heavy (non-hydrogen) atoms. The molecule has 0 fully saturated rings. The quantitative estimate of drug-likeness (QED) is 0.370. The van der Waals surface area contributed by atoms with Gasteiger partial charge >= 0.3 is 6.09 Å². The highest BCUT2D eigenvalue weighted by Crippen LogP contribution is 2.16. The first-order valence-corrected chi connectivity index (χ1v) is 8.34. The Hall–Kier alpha value is -1.71. The van der Waals surface area contributed by atoms with Crippen LogP contribution in [0.5, 0.6) is 5.75 Å². The van der Waals surface area contributed by atoms with Crippen molar-refractivity contribution in [1.29, 1.82) is 0 Å². The summed E-state index contributed by atoms with van der Waals surface area (Å²) in [5.74, 6) is 1.09. The summed E-state index contributed by atoms with van der Waals surface area (Å²) in [4.78, 5) is 17.5. The number of aliphatic imine (C=N–C) groups is 1. The number of nitrogens with one attached hydrogen (secondary N) is 1. The molecule has 0 saturated carbocycles. The number of nitrogens with zero attached hydrogens (tertiary/aromatic N) is 2. The number of likely N-dealkylation sites (N-methyl/N-ethyl adjacent to an activating group) is 1. The molecule has 8 heteroatoms. The van der Waals surface area contributed by atoms with Gasteiger partial charge in [-0.05, 0) is 58.9 Å². The Bertz CT molecular complexity index is 583. The van der Waals surface area contributed by atoms with Crippen molar-refractivity contribution in [2.75, 3.05) is 25.5 Å². The van der Waals surface area contributed by atoms with E-state index in [2.05, 4.69) is 10.3 Å². The van der Waals surface area contributed by atoms with E-state index in [1.54, 1.807) is 7.05 Å². The van der Waals surface area contributed by atoms with E-state index in [1.165, 1.54) is 4.90 Å². The third-order valence-electron chi connectivity index (χ3n) is 2.92. The summed E-state index contributed by atoms with van der Waals surface area (Å²) >= 11 is 0. The van der Waals surface area contributed by atoms with E-state index in [-0.39, 0.29) is 42.1 Å². The largest absolute Gasteiger partial charge is 0.491 e. The monoisotopic (exact) mass is 478 g/mol. The van der Waals surface area contributed by atoms with E-state index in [4.69, 9.17) is 15.2 Å². The fourth-order valence-electron chi connectivity index (χ4n) is 1.83. The van der Waals surface area contributed by atoms with Crippen LogP contribution in [0, 0.1) is 0 Å². The molecule has 3 N–H and O–H groups in total. The van der Waals surface area contributed by atoms with Crippen LogP contribution in [0.3, 0.4) is 0 Å². The molecule has 1 aromatic rings. The summed E-state index contributed by atoms with van der Waals surface area (Å²) in [6.07, 6.45) is -0.248. The van der Waals surface area contributed by atoms with E-state index >= 15 is 0 Å². The molecule has 0 atom stereocenters. The number of amides is 1. The molecule has 0 radical (unpaired) electrons. The third-order valence-corrected chi connectivity index (χ3v) is 2.92. The van der Waals surface area contributed by atoms with Crippen LogP contribution in [0.15, 0.2) is 29.3 Å². The predicted molar refractivity (Wildman–Crippen MR) is 117 cm³/mol. The maximum absolute atomic E-state index is 11.8. The molecule has 0 bridgehead atoms. The first kappa shape index (κ1) is 24.3. The fraction of sp³-hybridized carbons (Fsp3) is 0.556. The van der Waals surface area contributed by atoms with Crippen LogP contribution in [-0.4, -0.2) is 48.8 Å². The molecule has 0 aromatic heterocycles. The predicted octanol–water partition coefficient (Wildman–Crippen LogP) is 3.69.